The van der Waals surface area contributed by atoms with E-state index >= 15 is 0 Å². The summed E-state index contributed by atoms with van der Waals surface area (Å²) in [7, 11) is 0. The average Bonchev–Trinajstić information content (AvgIpc) is 2.83. The first-order valence-electron chi connectivity index (χ1n) is 5.70. The number of rotatable bonds is 4. The summed E-state index contributed by atoms with van der Waals surface area (Å²) in [5, 5.41) is 13.2. The van der Waals surface area contributed by atoms with Gasteiger partial charge in [0.15, 0.2) is 0 Å². The second-order valence-electron chi connectivity index (χ2n) is 4.85. The van der Waals surface area contributed by atoms with Crippen LogP contribution < -0.4 is 5.32 Å². The van der Waals surface area contributed by atoms with Gasteiger partial charge in [-0.25, -0.2) is 0 Å². The highest BCUT2D eigenvalue weighted by molar-refractivity contribution is 7.00. The minimum atomic E-state index is -0.370. The summed E-state index contributed by atoms with van der Waals surface area (Å²) in [4.78, 5) is 0. The van der Waals surface area contributed by atoms with Crippen molar-refractivity contribution < 1.29 is 0 Å². The fraction of sp³-hybridized carbons (Fsp3) is 0.417. The molecule has 0 radical (unpaired) electrons. The fourth-order valence-electron chi connectivity index (χ4n) is 1.60. The van der Waals surface area contributed by atoms with E-state index in [1.807, 2.05) is 13.8 Å². The summed E-state index contributed by atoms with van der Waals surface area (Å²) in [5.41, 5.74) is 1.68. The number of fused-ring (bicyclic) bond motifs is 1. The highest BCUT2D eigenvalue weighted by Gasteiger charge is 2.18. The predicted octanol–water partition coefficient (Wildman–Crippen LogP) is 4.35. The third-order valence-corrected chi connectivity index (χ3v) is 3.91. The zero-order valence-corrected chi connectivity index (χ0v) is 12.8. The van der Waals surface area contributed by atoms with Gasteiger partial charge in [0.25, 0.3) is 0 Å². The molecule has 0 saturated heterocycles. The quantitative estimate of drug-likeness (QED) is 0.911. The predicted molar refractivity (Wildman–Crippen MR) is 79.9 cm³/mol. The minimum absolute atomic E-state index is 0.370. The molecule has 4 nitrogen and oxygen atoms in total. The molecule has 1 heterocycles. The van der Waals surface area contributed by atoms with Crippen LogP contribution in [-0.4, -0.2) is 15.3 Å². The van der Waals surface area contributed by atoms with Crippen molar-refractivity contribution in [1.29, 1.82) is 5.26 Å². The Bertz CT molecular complexity index is 645. The number of anilines is 1. The molecule has 0 spiro atoms. The van der Waals surface area contributed by atoms with Crippen molar-refractivity contribution in [2.45, 2.75) is 20.3 Å². The van der Waals surface area contributed by atoms with Crippen LogP contribution in [0, 0.1) is 16.7 Å². The molecule has 0 fully saturated rings. The number of benzene rings is 1. The molecular weight excluding hydrogens is 303 g/mol. The van der Waals surface area contributed by atoms with Gasteiger partial charge in [0.05, 0.1) is 38.9 Å². The van der Waals surface area contributed by atoms with Gasteiger partial charge >= 0.3 is 0 Å². The third-order valence-electron chi connectivity index (χ3n) is 2.80. The number of hydrogen-bond acceptors (Lipinski definition) is 5. The molecule has 2 aromatic rings. The second-order valence-corrected chi connectivity index (χ2v) is 6.19. The highest BCUT2D eigenvalue weighted by Crippen LogP contribution is 2.35. The molecule has 19 heavy (non-hydrogen) atoms. The van der Waals surface area contributed by atoms with E-state index in [1.165, 1.54) is 0 Å². The minimum Gasteiger partial charge on any atom is -0.382 e. The van der Waals surface area contributed by atoms with Crippen LogP contribution >= 0.6 is 34.9 Å². The number of nitrogens with zero attached hydrogens (tertiary/aromatic N) is 3. The fourth-order valence-corrected chi connectivity index (χ4v) is 2.78. The molecule has 0 unspecified atom stereocenters. The Balaban J connectivity index is 2.22. The third kappa shape index (κ3) is 3.08. The molecule has 0 saturated carbocycles. The van der Waals surface area contributed by atoms with Gasteiger partial charge in [-0.1, -0.05) is 23.2 Å². The number of halogens is 2. The highest BCUT2D eigenvalue weighted by atomic mass is 35.5. The van der Waals surface area contributed by atoms with Crippen molar-refractivity contribution in [3.05, 3.63) is 16.1 Å². The lowest BCUT2D eigenvalue weighted by molar-refractivity contribution is 0.466. The Labute approximate surface area is 125 Å². The number of hydrogen-bond donors (Lipinski definition) is 1. The van der Waals surface area contributed by atoms with Gasteiger partial charge in [0.1, 0.15) is 11.0 Å². The molecular formula is C12H12Cl2N4S. The van der Waals surface area contributed by atoms with Crippen molar-refractivity contribution in [1.82, 2.24) is 8.75 Å². The van der Waals surface area contributed by atoms with E-state index in [1.54, 1.807) is 6.07 Å². The first-order valence-corrected chi connectivity index (χ1v) is 7.18. The van der Waals surface area contributed by atoms with Crippen molar-refractivity contribution in [2.24, 2.45) is 5.41 Å². The summed E-state index contributed by atoms with van der Waals surface area (Å²) in [6, 6.07) is 3.92. The monoisotopic (exact) mass is 314 g/mol. The Morgan fingerprint density at radius 3 is 2.68 bits per heavy atom. The number of aromatic nitrogens is 2. The maximum Gasteiger partial charge on any atom is 0.130 e. The van der Waals surface area contributed by atoms with Gasteiger partial charge in [0, 0.05) is 6.54 Å². The van der Waals surface area contributed by atoms with Gasteiger partial charge in [-0.05, 0) is 26.3 Å². The van der Waals surface area contributed by atoms with E-state index in [-0.39, 0.29) is 5.41 Å². The van der Waals surface area contributed by atoms with Gasteiger partial charge in [-0.2, -0.15) is 14.0 Å². The second kappa shape index (κ2) is 5.49. The van der Waals surface area contributed by atoms with Crippen LogP contribution in [0.5, 0.6) is 0 Å². The van der Waals surface area contributed by atoms with Crippen molar-refractivity contribution in [2.75, 3.05) is 11.9 Å². The lowest BCUT2D eigenvalue weighted by atomic mass is 9.91. The normalized spacial score (nSPS) is 11.5. The summed E-state index contributed by atoms with van der Waals surface area (Å²) in [6.07, 6.45) is 0.710. The average molecular weight is 315 g/mol. The van der Waals surface area contributed by atoms with Crippen LogP contribution in [0.1, 0.15) is 20.3 Å². The summed E-state index contributed by atoms with van der Waals surface area (Å²) in [5.74, 6) is 0. The molecule has 0 aliphatic carbocycles. The van der Waals surface area contributed by atoms with E-state index in [9.17, 15) is 0 Å². The maximum absolute atomic E-state index is 8.98. The Kier molecular flexibility index (Phi) is 4.14. The van der Waals surface area contributed by atoms with E-state index in [4.69, 9.17) is 28.5 Å². The van der Waals surface area contributed by atoms with Crippen molar-refractivity contribution in [3.63, 3.8) is 0 Å². The van der Waals surface area contributed by atoms with Crippen LogP contribution in [0.2, 0.25) is 10.0 Å². The molecule has 1 aromatic heterocycles. The summed E-state index contributed by atoms with van der Waals surface area (Å²) >= 11 is 13.3. The molecule has 0 atom stereocenters. The lowest BCUT2D eigenvalue weighted by Gasteiger charge is -2.16. The van der Waals surface area contributed by atoms with Gasteiger partial charge < -0.3 is 5.32 Å². The molecule has 0 amide bonds. The zero-order chi connectivity index (χ0) is 14.0. The standard InChI is InChI=1S/C12H12Cl2N4S/c1-12(2,6-15)3-4-16-9-7(13)5-8(14)10-11(9)18-19-17-10/h5,16H,3-4H2,1-2H3. The Hall–Kier alpha value is -1.09. The molecule has 0 bridgehead atoms. The Morgan fingerprint density at radius 1 is 1.32 bits per heavy atom. The maximum atomic E-state index is 8.98. The van der Waals surface area contributed by atoms with Crippen LogP contribution in [0.25, 0.3) is 11.0 Å². The Morgan fingerprint density at radius 2 is 2.00 bits per heavy atom. The van der Waals surface area contributed by atoms with Crippen LogP contribution in [-0.2, 0) is 0 Å². The number of nitriles is 1. The molecule has 7 heteroatoms. The van der Waals surface area contributed by atoms with Gasteiger partial charge in [-0.15, -0.1) is 0 Å². The van der Waals surface area contributed by atoms with E-state index < -0.39 is 0 Å². The molecule has 2 rings (SSSR count). The van der Waals surface area contributed by atoms with E-state index in [0.29, 0.717) is 34.0 Å². The topological polar surface area (TPSA) is 61.6 Å². The van der Waals surface area contributed by atoms with Crippen LogP contribution in [0.15, 0.2) is 6.07 Å². The first kappa shape index (κ1) is 14.3. The van der Waals surface area contributed by atoms with Crippen molar-refractivity contribution in [3.8, 4) is 6.07 Å². The molecule has 0 aliphatic rings. The summed E-state index contributed by atoms with van der Waals surface area (Å²) in [6.45, 7) is 4.44. The zero-order valence-electron chi connectivity index (χ0n) is 10.5. The molecule has 0 aliphatic heterocycles. The SMILES string of the molecule is CC(C)(C#N)CCNc1c(Cl)cc(Cl)c2nsnc12. The first-order chi connectivity index (χ1) is 8.94. The molecule has 1 N–H and O–H groups in total. The van der Waals surface area contributed by atoms with Gasteiger partial charge in [0.2, 0.25) is 0 Å². The van der Waals surface area contributed by atoms with E-state index in [2.05, 4.69) is 20.1 Å². The lowest BCUT2D eigenvalue weighted by Crippen LogP contribution is -2.15. The van der Waals surface area contributed by atoms with Gasteiger partial charge in [-0.3, -0.25) is 0 Å². The van der Waals surface area contributed by atoms with Crippen LogP contribution in [0.4, 0.5) is 5.69 Å². The largest absolute Gasteiger partial charge is 0.382 e. The van der Waals surface area contributed by atoms with E-state index in [0.717, 1.165) is 17.4 Å². The molecule has 100 valence electrons. The molecule has 1 aromatic carbocycles. The number of nitrogens with one attached hydrogen (secondary N) is 1. The summed E-state index contributed by atoms with van der Waals surface area (Å²) < 4.78 is 8.35. The van der Waals surface area contributed by atoms with Crippen molar-refractivity contribution >= 4 is 51.7 Å². The van der Waals surface area contributed by atoms with Crippen LogP contribution in [0.3, 0.4) is 0 Å². The smallest absolute Gasteiger partial charge is 0.130 e.